The summed E-state index contributed by atoms with van der Waals surface area (Å²) in [6.07, 6.45) is 1.59. The lowest BCUT2D eigenvalue weighted by Gasteiger charge is -2.08. The van der Waals surface area contributed by atoms with Gasteiger partial charge in [0, 0.05) is 16.5 Å². The van der Waals surface area contributed by atoms with Gasteiger partial charge in [-0.1, -0.05) is 60.7 Å². The molecular formula is C25H18N4O3. The summed E-state index contributed by atoms with van der Waals surface area (Å²) in [4.78, 5) is 30.9. The molecule has 1 aliphatic rings. The van der Waals surface area contributed by atoms with Crippen LogP contribution in [0.15, 0.2) is 89.6 Å². The molecule has 1 fully saturated rings. The van der Waals surface area contributed by atoms with Gasteiger partial charge < -0.3 is 15.4 Å². The van der Waals surface area contributed by atoms with Crippen molar-refractivity contribution in [3.05, 3.63) is 101 Å². The molecule has 5 rings (SSSR count). The maximum Gasteiger partial charge on any atom is 0.326 e. The number of imide groups is 1. The van der Waals surface area contributed by atoms with Crippen molar-refractivity contribution >= 4 is 40.3 Å². The lowest BCUT2D eigenvalue weighted by atomic mass is 10.0. The van der Waals surface area contributed by atoms with Gasteiger partial charge in [-0.25, -0.2) is 9.79 Å². The average molecular weight is 422 g/mol. The quantitative estimate of drug-likeness (QED) is 0.225. The minimum atomic E-state index is -0.534. The van der Waals surface area contributed by atoms with E-state index in [0.717, 1.165) is 22.0 Å². The van der Waals surface area contributed by atoms with Crippen LogP contribution in [0.2, 0.25) is 0 Å². The van der Waals surface area contributed by atoms with E-state index in [0.29, 0.717) is 17.0 Å². The summed E-state index contributed by atoms with van der Waals surface area (Å²) in [5.74, 6) is -0.406. The smallest absolute Gasteiger partial charge is 0.326 e. The molecule has 0 saturated carbocycles. The Morgan fingerprint density at radius 3 is 2.28 bits per heavy atom. The summed E-state index contributed by atoms with van der Waals surface area (Å²) in [5.41, 5.74) is 4.56. The Morgan fingerprint density at radius 2 is 1.56 bits per heavy atom. The molecule has 0 spiro atoms. The molecule has 0 bridgehead atoms. The van der Waals surface area contributed by atoms with Crippen LogP contribution in [0.1, 0.15) is 16.7 Å². The number of para-hydroxylation sites is 1. The Labute approximate surface area is 183 Å². The largest absolute Gasteiger partial charge is 0.494 e. The number of aromatic amines is 1. The molecule has 0 atom stereocenters. The van der Waals surface area contributed by atoms with Gasteiger partial charge in [0.25, 0.3) is 5.91 Å². The van der Waals surface area contributed by atoms with Crippen LogP contribution in [0.3, 0.4) is 0 Å². The lowest BCUT2D eigenvalue weighted by molar-refractivity contribution is -0.115. The first-order valence-corrected chi connectivity index (χ1v) is 9.97. The fraction of sp³-hybridized carbons (Fsp3) is 0. The zero-order valence-corrected chi connectivity index (χ0v) is 16.8. The molecule has 0 unspecified atom stereocenters. The standard InChI is InChI=1S/C25H18N4O3/c30-23-20(28-25(32)29-23)14-15-10-12-17(13-11-15)26-22(16-6-2-1-3-7-16)21-18-8-4-5-9-19(18)27-24(21)31/h1-14,27,31H,(H2,28,29,30,32)/b20-14+,26-22?. The van der Waals surface area contributed by atoms with E-state index in [1.807, 2.05) is 66.7 Å². The van der Waals surface area contributed by atoms with Gasteiger partial charge in [-0.15, -0.1) is 0 Å². The third-order valence-corrected chi connectivity index (χ3v) is 5.14. The number of aromatic hydroxyl groups is 1. The summed E-state index contributed by atoms with van der Waals surface area (Å²) >= 11 is 0. The minimum absolute atomic E-state index is 0.0538. The van der Waals surface area contributed by atoms with Crippen molar-refractivity contribution in [2.24, 2.45) is 4.99 Å². The predicted molar refractivity (Wildman–Crippen MR) is 123 cm³/mol. The van der Waals surface area contributed by atoms with Crippen molar-refractivity contribution in [2.45, 2.75) is 0 Å². The molecule has 4 aromatic rings. The number of H-pyrrole nitrogens is 1. The van der Waals surface area contributed by atoms with Gasteiger partial charge in [-0.2, -0.15) is 0 Å². The molecule has 4 N–H and O–H groups in total. The molecule has 156 valence electrons. The fourth-order valence-corrected chi connectivity index (χ4v) is 3.65. The van der Waals surface area contributed by atoms with Crippen LogP contribution in [-0.4, -0.2) is 27.7 Å². The van der Waals surface area contributed by atoms with Gasteiger partial charge in [0.05, 0.1) is 17.0 Å². The number of benzene rings is 3. The van der Waals surface area contributed by atoms with Gasteiger partial charge in [0.1, 0.15) is 5.70 Å². The minimum Gasteiger partial charge on any atom is -0.494 e. The summed E-state index contributed by atoms with van der Waals surface area (Å²) < 4.78 is 0. The number of aromatic nitrogens is 1. The van der Waals surface area contributed by atoms with Crippen LogP contribution < -0.4 is 10.6 Å². The monoisotopic (exact) mass is 422 g/mol. The second-order valence-corrected chi connectivity index (χ2v) is 7.28. The van der Waals surface area contributed by atoms with Crippen molar-refractivity contribution in [2.75, 3.05) is 0 Å². The Kier molecular flexibility index (Phi) is 4.76. The lowest BCUT2D eigenvalue weighted by Crippen LogP contribution is -2.22. The maximum atomic E-state index is 11.7. The van der Waals surface area contributed by atoms with Gasteiger partial charge in [-0.3, -0.25) is 10.1 Å². The number of rotatable bonds is 4. The van der Waals surface area contributed by atoms with Crippen molar-refractivity contribution in [3.8, 4) is 5.88 Å². The Hall–Kier alpha value is -4.65. The second kappa shape index (κ2) is 7.88. The third kappa shape index (κ3) is 3.63. The van der Waals surface area contributed by atoms with Crippen LogP contribution in [0.5, 0.6) is 5.88 Å². The summed E-state index contributed by atoms with van der Waals surface area (Å²) in [5, 5.41) is 16.2. The van der Waals surface area contributed by atoms with Crippen LogP contribution in [0.25, 0.3) is 17.0 Å². The van der Waals surface area contributed by atoms with E-state index in [2.05, 4.69) is 15.6 Å². The number of aliphatic imine (C=N–C) groups is 1. The first-order chi connectivity index (χ1) is 15.6. The maximum absolute atomic E-state index is 11.7. The Morgan fingerprint density at radius 1 is 0.844 bits per heavy atom. The average Bonchev–Trinajstić information content (AvgIpc) is 3.30. The second-order valence-electron chi connectivity index (χ2n) is 7.28. The van der Waals surface area contributed by atoms with Crippen molar-refractivity contribution in [1.29, 1.82) is 0 Å². The Balaban J connectivity index is 1.58. The van der Waals surface area contributed by atoms with Gasteiger partial charge >= 0.3 is 6.03 Å². The SMILES string of the molecule is O=C1NC(=O)/C(=C\c2ccc(N=C(c3ccccc3)c3c(O)[nH]c4ccccc34)cc2)N1. The van der Waals surface area contributed by atoms with Crippen LogP contribution in [0.4, 0.5) is 10.5 Å². The number of fused-ring (bicyclic) bond motifs is 1. The van der Waals surface area contributed by atoms with Crippen molar-refractivity contribution in [3.63, 3.8) is 0 Å². The van der Waals surface area contributed by atoms with E-state index in [4.69, 9.17) is 4.99 Å². The topological polar surface area (TPSA) is 107 Å². The van der Waals surface area contributed by atoms with Crippen LogP contribution in [0, 0.1) is 0 Å². The zero-order valence-electron chi connectivity index (χ0n) is 16.8. The van der Waals surface area contributed by atoms with Gasteiger partial charge in [0.2, 0.25) is 0 Å². The molecular weight excluding hydrogens is 404 g/mol. The molecule has 32 heavy (non-hydrogen) atoms. The highest BCUT2D eigenvalue weighted by Crippen LogP contribution is 2.31. The normalized spacial score (nSPS) is 15.2. The number of urea groups is 1. The number of nitrogens with zero attached hydrogens (tertiary/aromatic N) is 1. The van der Waals surface area contributed by atoms with E-state index in [1.165, 1.54) is 0 Å². The van der Waals surface area contributed by atoms with E-state index >= 15 is 0 Å². The molecule has 1 saturated heterocycles. The molecule has 1 aliphatic heterocycles. The number of hydrogen-bond donors (Lipinski definition) is 4. The third-order valence-electron chi connectivity index (χ3n) is 5.14. The molecule has 3 aromatic carbocycles. The highest BCUT2D eigenvalue weighted by atomic mass is 16.3. The number of carbonyl (C=O) groups excluding carboxylic acids is 2. The zero-order chi connectivity index (χ0) is 22.1. The molecule has 7 nitrogen and oxygen atoms in total. The number of hydrogen-bond acceptors (Lipinski definition) is 4. The molecule has 1 aromatic heterocycles. The van der Waals surface area contributed by atoms with Crippen molar-refractivity contribution < 1.29 is 14.7 Å². The first-order valence-electron chi connectivity index (χ1n) is 9.97. The van der Waals surface area contributed by atoms with Crippen LogP contribution in [-0.2, 0) is 4.79 Å². The predicted octanol–water partition coefficient (Wildman–Crippen LogP) is 4.22. The first kappa shape index (κ1) is 19.3. The fourth-order valence-electron chi connectivity index (χ4n) is 3.65. The molecule has 7 heteroatoms. The van der Waals surface area contributed by atoms with E-state index in [9.17, 15) is 14.7 Å². The summed E-state index contributed by atoms with van der Waals surface area (Å²) in [6.45, 7) is 0. The van der Waals surface area contributed by atoms with Crippen molar-refractivity contribution in [1.82, 2.24) is 15.6 Å². The molecule has 0 aliphatic carbocycles. The van der Waals surface area contributed by atoms with Gasteiger partial charge in [0.15, 0.2) is 5.88 Å². The summed E-state index contributed by atoms with van der Waals surface area (Å²) in [7, 11) is 0. The summed E-state index contributed by atoms with van der Waals surface area (Å²) in [6, 6.07) is 24.0. The number of carbonyl (C=O) groups is 2. The molecule has 2 heterocycles. The number of amides is 3. The van der Waals surface area contributed by atoms with E-state index in [1.54, 1.807) is 18.2 Å². The van der Waals surface area contributed by atoms with E-state index in [-0.39, 0.29) is 11.6 Å². The van der Waals surface area contributed by atoms with Gasteiger partial charge in [-0.05, 0) is 29.8 Å². The number of nitrogens with one attached hydrogen (secondary N) is 3. The van der Waals surface area contributed by atoms with E-state index < -0.39 is 11.9 Å². The molecule has 3 amide bonds. The highest BCUT2D eigenvalue weighted by molar-refractivity contribution is 6.21. The van der Waals surface area contributed by atoms with Crippen LogP contribution >= 0.6 is 0 Å². The highest BCUT2D eigenvalue weighted by Gasteiger charge is 2.22. The Bertz CT molecular complexity index is 1400. The molecule has 0 radical (unpaired) electrons.